The van der Waals surface area contributed by atoms with Gasteiger partial charge in [-0.2, -0.15) is 0 Å². The predicted octanol–water partition coefficient (Wildman–Crippen LogP) is 3.66. The largest absolute Gasteiger partial charge is 0.640 e. The van der Waals surface area contributed by atoms with E-state index in [1.54, 1.807) is 0 Å². The first-order chi connectivity index (χ1) is 8.71. The van der Waals surface area contributed by atoms with Crippen LogP contribution in [0.5, 0.6) is 0 Å². The monoisotopic (exact) mass is 262 g/mol. The smallest absolute Gasteiger partial charge is 0.379 e. The quantitative estimate of drug-likeness (QED) is 0.778. The second-order valence-corrected chi connectivity index (χ2v) is 6.23. The van der Waals surface area contributed by atoms with E-state index < -0.39 is 7.32 Å². The highest BCUT2D eigenvalue weighted by atomic mass is 16.8. The summed E-state index contributed by atoms with van der Waals surface area (Å²) in [6.07, 6.45) is -0.0599. The fraction of sp³-hybridized carbons (Fsp3) is 0.600. The molecule has 4 heteroatoms. The Morgan fingerprint density at radius 1 is 1.00 bits per heavy atom. The summed E-state index contributed by atoms with van der Waals surface area (Å²) >= 11 is 0. The molecule has 0 aromatic heterocycles. The Kier molecular flexibility index (Phi) is 3.78. The standard InChI is InChI=1S/C15H23BO3/c1-11-7-9-13(10-8-11)12(2)17-16-18-14(3,4)15(5,6)19-16/h7-10,12H,1-6H3. The predicted molar refractivity (Wildman–Crippen MR) is 76.8 cm³/mol. The molecule has 0 saturated carbocycles. The van der Waals surface area contributed by atoms with Gasteiger partial charge in [0.2, 0.25) is 0 Å². The molecule has 1 aliphatic heterocycles. The van der Waals surface area contributed by atoms with Crippen molar-refractivity contribution in [2.75, 3.05) is 0 Å². The maximum Gasteiger partial charge on any atom is 0.640 e. The third-order valence-electron chi connectivity index (χ3n) is 4.09. The van der Waals surface area contributed by atoms with Gasteiger partial charge in [0, 0.05) is 0 Å². The second kappa shape index (κ2) is 4.93. The average Bonchev–Trinajstić information content (AvgIpc) is 2.47. The first-order valence-electron chi connectivity index (χ1n) is 6.79. The number of hydrogen-bond acceptors (Lipinski definition) is 3. The molecule has 1 atom stereocenters. The van der Waals surface area contributed by atoms with Crippen LogP contribution in [-0.4, -0.2) is 18.5 Å². The summed E-state index contributed by atoms with van der Waals surface area (Å²) in [6.45, 7) is 12.2. The van der Waals surface area contributed by atoms with Gasteiger partial charge in [-0.05, 0) is 47.1 Å². The SMILES string of the molecule is Cc1ccc(C(C)OB2OC(C)(C)C(C)(C)O2)cc1. The molecule has 1 unspecified atom stereocenters. The van der Waals surface area contributed by atoms with Gasteiger partial charge in [0.25, 0.3) is 0 Å². The van der Waals surface area contributed by atoms with Crippen molar-refractivity contribution in [2.24, 2.45) is 0 Å². The minimum atomic E-state index is -0.610. The summed E-state index contributed by atoms with van der Waals surface area (Å²) in [5.41, 5.74) is 1.65. The van der Waals surface area contributed by atoms with Gasteiger partial charge in [-0.1, -0.05) is 29.8 Å². The Labute approximate surface area is 116 Å². The van der Waals surface area contributed by atoms with Crippen molar-refractivity contribution in [1.29, 1.82) is 0 Å². The molecule has 0 radical (unpaired) electrons. The second-order valence-electron chi connectivity index (χ2n) is 6.23. The van der Waals surface area contributed by atoms with E-state index in [9.17, 15) is 0 Å². The third-order valence-corrected chi connectivity index (χ3v) is 4.09. The van der Waals surface area contributed by atoms with Crippen molar-refractivity contribution < 1.29 is 14.0 Å². The van der Waals surface area contributed by atoms with Crippen LogP contribution in [0.3, 0.4) is 0 Å². The van der Waals surface area contributed by atoms with E-state index in [0.29, 0.717) is 0 Å². The Hall–Kier alpha value is -0.835. The highest BCUT2D eigenvalue weighted by Crippen LogP contribution is 2.38. The van der Waals surface area contributed by atoms with Crippen LogP contribution in [0.1, 0.15) is 51.8 Å². The summed E-state index contributed by atoms with van der Waals surface area (Å²) in [5.74, 6) is 0. The minimum absolute atomic E-state index is 0.0599. The molecule has 1 saturated heterocycles. The minimum Gasteiger partial charge on any atom is -0.379 e. The normalized spacial score (nSPS) is 22.5. The Bertz CT molecular complexity index is 423. The van der Waals surface area contributed by atoms with Crippen LogP contribution < -0.4 is 0 Å². The number of benzene rings is 1. The molecule has 0 aliphatic carbocycles. The van der Waals surface area contributed by atoms with E-state index in [2.05, 4.69) is 31.2 Å². The fourth-order valence-corrected chi connectivity index (χ4v) is 1.93. The molecule has 104 valence electrons. The van der Waals surface area contributed by atoms with Gasteiger partial charge in [0.1, 0.15) is 0 Å². The first kappa shape index (κ1) is 14.6. The van der Waals surface area contributed by atoms with Crippen molar-refractivity contribution in [3.63, 3.8) is 0 Å². The molecule has 1 aromatic carbocycles. The molecule has 0 amide bonds. The Morgan fingerprint density at radius 2 is 1.47 bits per heavy atom. The van der Waals surface area contributed by atoms with E-state index >= 15 is 0 Å². The molecule has 1 fully saturated rings. The van der Waals surface area contributed by atoms with Crippen LogP contribution in [0.15, 0.2) is 24.3 Å². The number of rotatable bonds is 3. The van der Waals surface area contributed by atoms with E-state index in [-0.39, 0.29) is 17.3 Å². The van der Waals surface area contributed by atoms with Crippen LogP contribution >= 0.6 is 0 Å². The maximum atomic E-state index is 5.86. The lowest BCUT2D eigenvalue weighted by Crippen LogP contribution is -2.41. The fourth-order valence-electron chi connectivity index (χ4n) is 1.93. The van der Waals surface area contributed by atoms with E-state index in [4.69, 9.17) is 14.0 Å². The average molecular weight is 262 g/mol. The van der Waals surface area contributed by atoms with Crippen LogP contribution in [-0.2, 0) is 14.0 Å². The molecule has 2 rings (SSSR count). The van der Waals surface area contributed by atoms with Crippen molar-refractivity contribution >= 4 is 7.32 Å². The lowest BCUT2D eigenvalue weighted by atomic mass is 9.90. The van der Waals surface area contributed by atoms with E-state index in [1.165, 1.54) is 5.56 Å². The van der Waals surface area contributed by atoms with E-state index in [0.717, 1.165) is 5.56 Å². The molecule has 1 aromatic rings. The molecule has 1 heterocycles. The van der Waals surface area contributed by atoms with Gasteiger partial charge >= 0.3 is 7.32 Å². The van der Waals surface area contributed by atoms with Gasteiger partial charge < -0.3 is 14.0 Å². The zero-order chi connectivity index (χ0) is 14.3. The molecule has 0 bridgehead atoms. The summed E-state index contributed by atoms with van der Waals surface area (Å²) in [7, 11) is -0.610. The molecule has 0 spiro atoms. The molecule has 3 nitrogen and oxygen atoms in total. The Balaban J connectivity index is 2.01. The zero-order valence-corrected chi connectivity index (χ0v) is 12.7. The van der Waals surface area contributed by atoms with Crippen molar-refractivity contribution in [3.8, 4) is 0 Å². The van der Waals surface area contributed by atoms with Crippen LogP contribution in [0.4, 0.5) is 0 Å². The molecular formula is C15H23BO3. The number of hydrogen-bond donors (Lipinski definition) is 0. The highest BCUT2D eigenvalue weighted by molar-refractivity contribution is 6.37. The van der Waals surface area contributed by atoms with Gasteiger partial charge in [0.15, 0.2) is 0 Å². The summed E-state index contributed by atoms with van der Waals surface area (Å²) in [4.78, 5) is 0. The van der Waals surface area contributed by atoms with Crippen molar-refractivity contribution in [2.45, 2.75) is 58.8 Å². The topological polar surface area (TPSA) is 27.7 Å². The summed E-state index contributed by atoms with van der Waals surface area (Å²) < 4.78 is 17.5. The Morgan fingerprint density at radius 3 is 1.95 bits per heavy atom. The van der Waals surface area contributed by atoms with Gasteiger partial charge in [-0.3, -0.25) is 0 Å². The molecule has 19 heavy (non-hydrogen) atoms. The third kappa shape index (κ3) is 3.02. The van der Waals surface area contributed by atoms with Crippen molar-refractivity contribution in [3.05, 3.63) is 35.4 Å². The van der Waals surface area contributed by atoms with Crippen LogP contribution in [0.2, 0.25) is 0 Å². The van der Waals surface area contributed by atoms with E-state index in [1.807, 2.05) is 34.6 Å². The van der Waals surface area contributed by atoms with Crippen molar-refractivity contribution in [1.82, 2.24) is 0 Å². The van der Waals surface area contributed by atoms with Gasteiger partial charge in [-0.25, -0.2) is 0 Å². The molecule has 1 aliphatic rings. The zero-order valence-electron chi connectivity index (χ0n) is 12.7. The lowest BCUT2D eigenvalue weighted by Gasteiger charge is -2.31. The molecular weight excluding hydrogens is 239 g/mol. The van der Waals surface area contributed by atoms with Crippen LogP contribution in [0, 0.1) is 6.92 Å². The summed E-state index contributed by atoms with van der Waals surface area (Å²) in [5, 5.41) is 0. The molecule has 0 N–H and O–H groups in total. The van der Waals surface area contributed by atoms with Gasteiger partial charge in [0.05, 0.1) is 17.3 Å². The van der Waals surface area contributed by atoms with Crippen LogP contribution in [0.25, 0.3) is 0 Å². The lowest BCUT2D eigenvalue weighted by molar-refractivity contribution is 0.00578. The maximum absolute atomic E-state index is 5.86. The number of aryl methyl sites for hydroxylation is 1. The summed E-state index contributed by atoms with van der Waals surface area (Å²) in [6, 6.07) is 8.31. The highest BCUT2D eigenvalue weighted by Gasteiger charge is 2.53. The first-order valence-corrected chi connectivity index (χ1v) is 6.79. The van der Waals surface area contributed by atoms with Gasteiger partial charge in [-0.15, -0.1) is 0 Å².